The first kappa shape index (κ1) is 86.3. The maximum absolute atomic E-state index is 10.5. The molecule has 0 aliphatic rings. The van der Waals surface area contributed by atoms with Crippen LogP contribution >= 0.6 is 0 Å². The van der Waals surface area contributed by atoms with Crippen molar-refractivity contribution in [2.24, 2.45) is 0 Å². The zero-order valence-electron chi connectivity index (χ0n) is 75.6. The highest BCUT2D eigenvalue weighted by atomic mass is 15.1. The normalized spacial score (nSPS) is 10.9. The summed E-state index contributed by atoms with van der Waals surface area (Å²) in [6.45, 7) is 45.3. The second-order valence-corrected chi connectivity index (χ2v) is 34.4. The van der Waals surface area contributed by atoms with Crippen LogP contribution in [0.15, 0.2) is 352 Å². The molecule has 0 amide bonds. The summed E-state index contributed by atoms with van der Waals surface area (Å²) in [4.78, 5) is 45.8. The van der Waals surface area contributed by atoms with Crippen molar-refractivity contribution < 1.29 is 0 Å². The van der Waals surface area contributed by atoms with Gasteiger partial charge in [0.25, 0.3) is 0 Å². The first-order valence-corrected chi connectivity index (χ1v) is 44.6. The van der Waals surface area contributed by atoms with E-state index in [9.17, 15) is 21.0 Å². The molecule has 0 saturated heterocycles. The Hall–Kier alpha value is -19.7. The van der Waals surface area contributed by atoms with Crippen molar-refractivity contribution in [2.45, 2.75) is 41.5 Å². The maximum Gasteiger partial charge on any atom is 0.177 e. The Morgan fingerprint density at radius 3 is 0.710 bits per heavy atom. The molecule has 0 atom stereocenters. The summed E-state index contributed by atoms with van der Waals surface area (Å²) in [5, 5.41) is 45.7. The van der Waals surface area contributed by atoms with Gasteiger partial charge in [0, 0.05) is 77.2 Å². The van der Waals surface area contributed by atoms with Gasteiger partial charge in [-0.15, -0.1) is 0 Å². The van der Waals surface area contributed by atoms with Gasteiger partial charge in [0.05, 0.1) is 106 Å². The van der Waals surface area contributed by atoms with Gasteiger partial charge in [0.2, 0.25) is 0 Å². The average Bonchev–Trinajstić information content (AvgIpc) is 1.57. The molecule has 4 heterocycles. The van der Waals surface area contributed by atoms with Crippen LogP contribution in [0, 0.1) is 113 Å². The smallest absolute Gasteiger partial charge is 0.177 e. The molecule has 21 aromatic rings. The fraction of sp³-hybridized carbons (Fsp3) is 0.0492. The lowest BCUT2D eigenvalue weighted by molar-refractivity contribution is 1.07. The number of benzene rings is 17. The molecule has 0 bridgehead atoms. The number of aromatic nitrogens is 8. The SMILES string of the molecule is [C-]#[N+]c1cc([N+]#[C-])cc(-c2cc(-c3nc(-c4ccccc4)nc(-c4ccccc4)n3)cc(-c3cc(C#N)cc(C#N)c3)c2-n2c3ccc(-c4cc(C)cc(C)c4)cc3c3cc(-c4cc(C)cc(C)c4)ccc32)c1.[C-]#[N+]c1cc([N+]#[C-])cc(-c2cc(-c3nc(-c4ccccc4)nc(-c4ccccc4)n3)cc(-c3cc(C#N)cc(C#N)c3)c2-n2c3ccccc3c3cc(-c4cc(C)cc(C)c4)ccc32)c1. The Labute approximate surface area is 797 Å². The fourth-order valence-corrected chi connectivity index (χ4v) is 18.8. The van der Waals surface area contributed by atoms with Gasteiger partial charge in [-0.3, -0.25) is 0 Å². The van der Waals surface area contributed by atoms with E-state index in [0.29, 0.717) is 141 Å². The van der Waals surface area contributed by atoms with Gasteiger partial charge in [-0.05, 0) is 200 Å². The number of nitrogens with zero attached hydrogens (tertiary/aromatic N) is 16. The molecular weight excluding hydrogens is 1690 g/mol. The van der Waals surface area contributed by atoms with E-state index in [1.165, 1.54) is 33.4 Å². The van der Waals surface area contributed by atoms with Crippen LogP contribution in [0.3, 0.4) is 0 Å². The summed E-state index contributed by atoms with van der Waals surface area (Å²) in [6, 6.07) is 125. The average molecular weight is 1770 g/mol. The fourth-order valence-electron chi connectivity index (χ4n) is 18.8. The highest BCUT2D eigenvalue weighted by molar-refractivity contribution is 6.15. The van der Waals surface area contributed by atoms with E-state index in [4.69, 9.17) is 56.2 Å². The van der Waals surface area contributed by atoms with Crippen molar-refractivity contribution in [3.8, 4) is 182 Å². The van der Waals surface area contributed by atoms with E-state index < -0.39 is 0 Å². The van der Waals surface area contributed by atoms with E-state index in [1.54, 1.807) is 60.7 Å². The molecule has 0 saturated carbocycles. The standard InChI is InChI=1S/C65H42N8.C57H34N8/c1-39-21-40(2)24-49(23-39)47-17-19-60-58(32-47)59-33-48(50-25-41(3)22-42(4)26-50)18-20-61(59)73(60)62-56(51-28-43(37-66)27-44(29-51)38-67)34-53(35-57(62)52-30-54(68-5)36-55(31-52)69-6)65-71-63(45-13-9-7-10-14-45)70-64(72-65)46-15-11-8-12-16-46;1-35-21-36(2)23-42(22-35)41-19-20-53-51(29-41)48-17-11-12-18-52(48)65(53)54-49(43-25-37(33-58)24-38(26-43)34-59)30-45(31-50(54)44-27-46(60-3)32-47(28-44)61-4)57-63-55(39-13-7-5-8-14-39)62-56(64-57)40-15-9-6-10-16-40/h7-36H,1-4H3;5-32H,1-2H3. The summed E-state index contributed by atoms with van der Waals surface area (Å²) in [5.74, 6) is 2.67. The number of para-hydroxylation sites is 1. The van der Waals surface area contributed by atoms with Gasteiger partial charge in [-0.25, -0.2) is 49.3 Å². The van der Waals surface area contributed by atoms with Gasteiger partial charge in [0.1, 0.15) is 0 Å². The molecule has 0 aliphatic heterocycles. The molecule has 16 nitrogen and oxygen atoms in total. The first-order chi connectivity index (χ1) is 67.3. The predicted octanol–water partition coefficient (Wildman–Crippen LogP) is 31.1. The van der Waals surface area contributed by atoms with Crippen LogP contribution in [-0.4, -0.2) is 39.0 Å². The topological polar surface area (TPSA) is 200 Å². The Kier molecular flexibility index (Phi) is 22.9. The zero-order valence-corrected chi connectivity index (χ0v) is 75.6. The third-order valence-electron chi connectivity index (χ3n) is 24.6. The molecule has 644 valence electrons. The summed E-state index contributed by atoms with van der Waals surface area (Å²) in [7, 11) is 0. The van der Waals surface area contributed by atoms with E-state index in [2.05, 4.69) is 216 Å². The zero-order chi connectivity index (χ0) is 94.9. The van der Waals surface area contributed by atoms with Crippen molar-refractivity contribution in [3.05, 3.63) is 453 Å². The predicted molar refractivity (Wildman–Crippen MR) is 551 cm³/mol. The minimum absolute atomic E-state index is 0.302. The summed E-state index contributed by atoms with van der Waals surface area (Å²) in [5.41, 5.74) is 30.7. The number of hydrogen-bond donors (Lipinski definition) is 0. The molecule has 0 radical (unpaired) electrons. The third kappa shape index (κ3) is 16.9. The van der Waals surface area contributed by atoms with Crippen molar-refractivity contribution >= 4 is 66.4 Å². The third-order valence-corrected chi connectivity index (χ3v) is 24.6. The highest BCUT2D eigenvalue weighted by Crippen LogP contribution is 2.50. The number of aryl methyl sites for hydroxylation is 6. The van der Waals surface area contributed by atoms with Crippen LogP contribution in [0.25, 0.3) is 221 Å². The van der Waals surface area contributed by atoms with Crippen LogP contribution < -0.4 is 0 Å². The molecule has 0 N–H and O–H groups in total. The van der Waals surface area contributed by atoms with Gasteiger partial charge in [-0.1, -0.05) is 282 Å². The minimum atomic E-state index is 0.302. The van der Waals surface area contributed by atoms with Crippen LogP contribution in [0.5, 0.6) is 0 Å². The molecule has 0 spiro atoms. The molecule has 21 rings (SSSR count). The van der Waals surface area contributed by atoms with E-state index >= 15 is 0 Å². The molecule has 17 aromatic carbocycles. The second-order valence-electron chi connectivity index (χ2n) is 34.4. The van der Waals surface area contributed by atoms with E-state index in [0.717, 1.165) is 105 Å². The number of fused-ring (bicyclic) bond motifs is 6. The van der Waals surface area contributed by atoms with Crippen molar-refractivity contribution in [1.29, 1.82) is 21.0 Å². The lowest BCUT2D eigenvalue weighted by atomic mass is 9.90. The van der Waals surface area contributed by atoms with Gasteiger partial charge in [0.15, 0.2) is 57.7 Å². The first-order valence-electron chi connectivity index (χ1n) is 44.6. The van der Waals surface area contributed by atoms with E-state index in [1.807, 2.05) is 170 Å². The lowest BCUT2D eigenvalue weighted by Gasteiger charge is -2.22. The minimum Gasteiger partial charge on any atom is -0.308 e. The summed E-state index contributed by atoms with van der Waals surface area (Å²) < 4.78 is 4.47. The molecule has 0 aliphatic carbocycles. The quantitative estimate of drug-likeness (QED) is 0.0889. The molecule has 4 aromatic heterocycles. The lowest BCUT2D eigenvalue weighted by Crippen LogP contribution is -2.04. The Balaban J connectivity index is 0.000000171. The molecule has 0 unspecified atom stereocenters. The molecule has 16 heteroatoms. The Morgan fingerprint density at radius 2 is 0.442 bits per heavy atom. The monoisotopic (exact) mass is 1760 g/mol. The van der Waals surface area contributed by atoms with Crippen molar-refractivity contribution in [2.75, 3.05) is 0 Å². The molecule has 138 heavy (non-hydrogen) atoms. The van der Waals surface area contributed by atoms with Gasteiger partial charge in [-0.2, -0.15) is 21.0 Å². The largest absolute Gasteiger partial charge is 0.308 e. The Bertz CT molecular complexity index is 8390. The number of hydrogen-bond acceptors (Lipinski definition) is 10. The number of rotatable bonds is 15. The molecule has 0 fully saturated rings. The van der Waals surface area contributed by atoms with Crippen LogP contribution in [-0.2, 0) is 0 Å². The molecular formula is C122H76N16. The van der Waals surface area contributed by atoms with Crippen molar-refractivity contribution in [1.82, 2.24) is 39.0 Å². The van der Waals surface area contributed by atoms with Gasteiger partial charge < -0.3 is 9.13 Å². The maximum atomic E-state index is 10.5. The van der Waals surface area contributed by atoms with E-state index in [-0.39, 0.29) is 0 Å². The summed E-state index contributed by atoms with van der Waals surface area (Å²) >= 11 is 0. The van der Waals surface area contributed by atoms with Crippen LogP contribution in [0.4, 0.5) is 22.7 Å². The van der Waals surface area contributed by atoms with Crippen molar-refractivity contribution in [3.63, 3.8) is 0 Å². The second kappa shape index (κ2) is 36.6. The number of nitriles is 4. The van der Waals surface area contributed by atoms with Crippen LogP contribution in [0.2, 0.25) is 0 Å². The van der Waals surface area contributed by atoms with Crippen LogP contribution in [0.1, 0.15) is 55.6 Å². The summed E-state index contributed by atoms with van der Waals surface area (Å²) in [6.07, 6.45) is 0. The van der Waals surface area contributed by atoms with Gasteiger partial charge >= 0.3 is 0 Å². The highest BCUT2D eigenvalue weighted by Gasteiger charge is 2.29. The Morgan fingerprint density at radius 1 is 0.203 bits per heavy atom.